The van der Waals surface area contributed by atoms with Crippen molar-refractivity contribution >= 4 is 0 Å². The monoisotopic (exact) mass is 301 g/mol. The van der Waals surface area contributed by atoms with Gasteiger partial charge in [0.15, 0.2) is 0 Å². The van der Waals surface area contributed by atoms with Crippen molar-refractivity contribution in [1.29, 1.82) is 0 Å². The normalized spacial score (nSPS) is 19.0. The highest BCUT2D eigenvalue weighted by molar-refractivity contribution is 5.54. The van der Waals surface area contributed by atoms with Gasteiger partial charge in [-0.05, 0) is 43.1 Å². The summed E-state index contributed by atoms with van der Waals surface area (Å²) in [6.07, 6.45) is 1.09. The Kier molecular flexibility index (Phi) is 4.43. The van der Waals surface area contributed by atoms with Crippen LogP contribution in [0.2, 0.25) is 0 Å². The molecule has 1 fully saturated rings. The smallest absolute Gasteiger partial charge is 0.247 e. The number of aromatic nitrogens is 2. The topological polar surface area (TPSA) is 51.4 Å². The zero-order chi connectivity index (χ0) is 15.5. The number of rotatable bonds is 5. The van der Waals surface area contributed by atoms with Crippen molar-refractivity contribution < 1.29 is 9.15 Å². The van der Waals surface area contributed by atoms with Crippen LogP contribution in [0.15, 0.2) is 28.7 Å². The van der Waals surface area contributed by atoms with Gasteiger partial charge in [-0.25, -0.2) is 0 Å². The van der Waals surface area contributed by atoms with Gasteiger partial charge in [-0.3, -0.25) is 0 Å². The molecule has 0 amide bonds. The third-order valence-electron chi connectivity index (χ3n) is 4.02. The largest absolute Gasteiger partial charge is 0.497 e. The highest BCUT2D eigenvalue weighted by atomic mass is 16.5. The summed E-state index contributed by atoms with van der Waals surface area (Å²) < 4.78 is 11.1. The number of ether oxygens (including phenoxy) is 1. The quantitative estimate of drug-likeness (QED) is 0.849. The van der Waals surface area contributed by atoms with Crippen LogP contribution in [0.4, 0.5) is 0 Å². The third-order valence-corrected chi connectivity index (χ3v) is 4.02. The summed E-state index contributed by atoms with van der Waals surface area (Å²) in [6.45, 7) is 7.77. The Morgan fingerprint density at radius 2 is 2.05 bits per heavy atom. The van der Waals surface area contributed by atoms with Gasteiger partial charge in [-0.15, -0.1) is 10.2 Å². The van der Waals surface area contributed by atoms with Crippen LogP contribution < -0.4 is 4.74 Å². The molecule has 1 aromatic carbocycles. The predicted octanol–water partition coefficient (Wildman–Crippen LogP) is 3.19. The second-order valence-corrected chi connectivity index (χ2v) is 6.31. The van der Waals surface area contributed by atoms with Crippen LogP contribution in [0.1, 0.15) is 32.1 Å². The molecule has 0 saturated carbocycles. The van der Waals surface area contributed by atoms with Crippen molar-refractivity contribution in [3.63, 3.8) is 0 Å². The van der Waals surface area contributed by atoms with Gasteiger partial charge in [0.05, 0.1) is 13.0 Å². The van der Waals surface area contributed by atoms with Gasteiger partial charge < -0.3 is 14.1 Å². The predicted molar refractivity (Wildman–Crippen MR) is 84.9 cm³/mol. The minimum atomic E-state index is 0.359. The first-order chi connectivity index (χ1) is 10.7. The number of methoxy groups -OCH3 is 1. The van der Waals surface area contributed by atoms with E-state index in [2.05, 4.69) is 28.9 Å². The van der Waals surface area contributed by atoms with E-state index in [9.17, 15) is 0 Å². The number of nitrogens with zero attached hydrogens (tertiary/aromatic N) is 3. The number of hydrogen-bond acceptors (Lipinski definition) is 5. The lowest BCUT2D eigenvalue weighted by molar-refractivity contribution is 0.290. The number of benzene rings is 1. The molecular formula is C17H23N3O2. The van der Waals surface area contributed by atoms with Gasteiger partial charge in [0.2, 0.25) is 11.8 Å². The SMILES string of the molecule is COc1ccc(-c2nnc(C3CCN(CC(C)C)C3)o2)cc1. The second-order valence-electron chi connectivity index (χ2n) is 6.31. The van der Waals surface area contributed by atoms with E-state index in [0.717, 1.165) is 43.3 Å². The molecule has 118 valence electrons. The van der Waals surface area contributed by atoms with Crippen molar-refractivity contribution in [3.8, 4) is 17.2 Å². The maximum Gasteiger partial charge on any atom is 0.247 e. The van der Waals surface area contributed by atoms with Gasteiger partial charge in [0.25, 0.3) is 0 Å². The second kappa shape index (κ2) is 6.48. The average Bonchev–Trinajstić information content (AvgIpc) is 3.15. The molecule has 1 atom stereocenters. The Bertz CT molecular complexity index is 607. The molecule has 0 radical (unpaired) electrons. The standard InChI is InChI=1S/C17H23N3O2/c1-12(2)10-20-9-8-14(11-20)17-19-18-16(22-17)13-4-6-15(21-3)7-5-13/h4-7,12,14H,8-11H2,1-3H3. The zero-order valence-electron chi connectivity index (χ0n) is 13.5. The molecule has 0 bridgehead atoms. The van der Waals surface area contributed by atoms with Crippen LogP contribution in [-0.2, 0) is 0 Å². The molecule has 1 aliphatic rings. The lowest BCUT2D eigenvalue weighted by atomic mass is 10.1. The van der Waals surface area contributed by atoms with Crippen molar-refractivity contribution in [2.75, 3.05) is 26.7 Å². The van der Waals surface area contributed by atoms with Crippen molar-refractivity contribution in [3.05, 3.63) is 30.2 Å². The van der Waals surface area contributed by atoms with Crippen LogP contribution in [-0.4, -0.2) is 41.8 Å². The molecule has 0 spiro atoms. The molecule has 0 N–H and O–H groups in total. The fraction of sp³-hybridized carbons (Fsp3) is 0.529. The lowest BCUT2D eigenvalue weighted by Gasteiger charge is -2.17. The molecule has 5 nitrogen and oxygen atoms in total. The Hall–Kier alpha value is -1.88. The van der Waals surface area contributed by atoms with E-state index >= 15 is 0 Å². The number of hydrogen-bond donors (Lipinski definition) is 0. The van der Waals surface area contributed by atoms with Crippen LogP contribution in [0.5, 0.6) is 5.75 Å². The molecule has 1 saturated heterocycles. The summed E-state index contributed by atoms with van der Waals surface area (Å²) in [5, 5.41) is 8.45. The molecule has 1 unspecified atom stereocenters. The van der Waals surface area contributed by atoms with Crippen molar-refractivity contribution in [2.24, 2.45) is 5.92 Å². The lowest BCUT2D eigenvalue weighted by Crippen LogP contribution is -2.24. The first-order valence-corrected chi connectivity index (χ1v) is 7.86. The average molecular weight is 301 g/mol. The third kappa shape index (κ3) is 3.30. The minimum absolute atomic E-state index is 0.359. The maximum absolute atomic E-state index is 5.89. The zero-order valence-corrected chi connectivity index (χ0v) is 13.5. The Labute approximate surface area is 131 Å². The number of likely N-dealkylation sites (tertiary alicyclic amines) is 1. The van der Waals surface area contributed by atoms with Gasteiger partial charge in [0, 0.05) is 18.7 Å². The van der Waals surface area contributed by atoms with Crippen molar-refractivity contribution in [1.82, 2.24) is 15.1 Å². The maximum atomic E-state index is 5.89. The molecule has 1 aliphatic heterocycles. The van der Waals surface area contributed by atoms with E-state index < -0.39 is 0 Å². The van der Waals surface area contributed by atoms with Crippen LogP contribution in [0.3, 0.4) is 0 Å². The summed E-state index contributed by atoms with van der Waals surface area (Å²) in [4.78, 5) is 2.48. The van der Waals surface area contributed by atoms with E-state index in [4.69, 9.17) is 9.15 Å². The van der Waals surface area contributed by atoms with Gasteiger partial charge >= 0.3 is 0 Å². The Morgan fingerprint density at radius 1 is 1.27 bits per heavy atom. The first-order valence-electron chi connectivity index (χ1n) is 7.86. The summed E-state index contributed by atoms with van der Waals surface area (Å²) >= 11 is 0. The molecule has 2 aromatic rings. The van der Waals surface area contributed by atoms with E-state index in [-0.39, 0.29) is 0 Å². The van der Waals surface area contributed by atoms with E-state index in [1.165, 1.54) is 0 Å². The van der Waals surface area contributed by atoms with Gasteiger partial charge in [-0.1, -0.05) is 13.8 Å². The summed E-state index contributed by atoms with van der Waals surface area (Å²) in [6, 6.07) is 7.68. The van der Waals surface area contributed by atoms with Gasteiger partial charge in [-0.2, -0.15) is 0 Å². The van der Waals surface area contributed by atoms with Gasteiger partial charge in [0.1, 0.15) is 5.75 Å². The first kappa shape index (κ1) is 15.0. The summed E-state index contributed by atoms with van der Waals surface area (Å²) in [7, 11) is 1.66. The summed E-state index contributed by atoms with van der Waals surface area (Å²) in [5.41, 5.74) is 0.927. The Balaban J connectivity index is 1.68. The van der Waals surface area contributed by atoms with E-state index in [0.29, 0.717) is 17.7 Å². The van der Waals surface area contributed by atoms with Crippen LogP contribution in [0, 0.1) is 5.92 Å². The van der Waals surface area contributed by atoms with E-state index in [1.807, 2.05) is 24.3 Å². The molecule has 5 heteroatoms. The van der Waals surface area contributed by atoms with Crippen LogP contribution in [0.25, 0.3) is 11.5 Å². The van der Waals surface area contributed by atoms with Crippen LogP contribution >= 0.6 is 0 Å². The highest BCUT2D eigenvalue weighted by Crippen LogP contribution is 2.29. The molecule has 3 rings (SSSR count). The van der Waals surface area contributed by atoms with E-state index in [1.54, 1.807) is 7.11 Å². The molecule has 1 aromatic heterocycles. The molecule has 0 aliphatic carbocycles. The fourth-order valence-corrected chi connectivity index (χ4v) is 2.97. The summed E-state index contributed by atoms with van der Waals surface area (Å²) in [5.74, 6) is 3.22. The Morgan fingerprint density at radius 3 is 2.73 bits per heavy atom. The molecule has 2 heterocycles. The van der Waals surface area contributed by atoms with Crippen molar-refractivity contribution in [2.45, 2.75) is 26.2 Å². The molecule has 22 heavy (non-hydrogen) atoms. The molecular weight excluding hydrogens is 278 g/mol. The highest BCUT2D eigenvalue weighted by Gasteiger charge is 2.28. The minimum Gasteiger partial charge on any atom is -0.497 e. The fourth-order valence-electron chi connectivity index (χ4n) is 2.97.